The third kappa shape index (κ3) is 4.66. The van der Waals surface area contributed by atoms with Crippen molar-refractivity contribution in [3.05, 3.63) is 59.3 Å². The van der Waals surface area contributed by atoms with Crippen molar-refractivity contribution in [2.45, 2.75) is 0 Å². The summed E-state index contributed by atoms with van der Waals surface area (Å²) in [6.45, 7) is 0. The summed E-state index contributed by atoms with van der Waals surface area (Å²) in [5.74, 6) is 2.34. The number of methoxy groups -OCH3 is 3. The van der Waals surface area contributed by atoms with Gasteiger partial charge in [0.25, 0.3) is 11.5 Å². The van der Waals surface area contributed by atoms with Crippen molar-refractivity contribution < 1.29 is 23.6 Å². The molecular formula is C22H22N4O4. The van der Waals surface area contributed by atoms with Crippen LogP contribution < -0.4 is 23.7 Å². The van der Waals surface area contributed by atoms with Gasteiger partial charge in [0.2, 0.25) is 5.75 Å². The number of allylic oxidation sites excluding steroid dienone is 3. The van der Waals surface area contributed by atoms with E-state index in [2.05, 4.69) is 0 Å². The summed E-state index contributed by atoms with van der Waals surface area (Å²) in [4.78, 5) is 15.3. The van der Waals surface area contributed by atoms with Crippen LogP contribution in [0.3, 0.4) is 0 Å². The zero-order chi connectivity index (χ0) is 22.3. The maximum Gasteiger partial charge on any atom is 0.260 e. The van der Waals surface area contributed by atoms with Crippen molar-refractivity contribution >= 4 is 23.0 Å². The predicted molar refractivity (Wildman–Crippen MR) is 113 cm³/mol. The van der Waals surface area contributed by atoms with Crippen LogP contribution in [0.1, 0.15) is 10.4 Å². The molecular weight excluding hydrogens is 384 g/mol. The number of hydrogen-bond acceptors (Lipinski definition) is 6. The number of nitriles is 1. The molecule has 0 spiro atoms. The van der Waals surface area contributed by atoms with E-state index in [4.69, 9.17) is 14.2 Å². The number of nitrogens with zero attached hydrogens (tertiary/aromatic N) is 4. The Balaban J connectivity index is 2.66. The number of carbonyl (C=O) groups is 1. The Labute approximate surface area is 175 Å². The highest BCUT2D eigenvalue weighted by molar-refractivity contribution is 6.22. The molecule has 1 heterocycles. The van der Waals surface area contributed by atoms with Gasteiger partial charge in [0.15, 0.2) is 23.9 Å². The van der Waals surface area contributed by atoms with E-state index in [9.17, 15) is 15.5 Å². The van der Waals surface area contributed by atoms with Crippen LogP contribution in [0.5, 0.6) is 17.2 Å². The minimum absolute atomic E-state index is 0.118. The molecule has 1 aromatic heterocycles. The molecule has 0 amide bonds. The minimum atomic E-state index is -0.431. The Hall–Kier alpha value is -4.08. The van der Waals surface area contributed by atoms with Gasteiger partial charge in [-0.05, 0) is 12.1 Å². The average Bonchev–Trinajstić information content (AvgIpc) is 2.78. The molecule has 154 valence electrons. The fraction of sp³-hybridized carbons (Fsp3) is 0.227. The Morgan fingerprint density at radius 2 is 1.67 bits per heavy atom. The van der Waals surface area contributed by atoms with E-state index >= 15 is 0 Å². The highest BCUT2D eigenvalue weighted by Gasteiger charge is 2.26. The average molecular weight is 406 g/mol. The number of Topliss-reactive ketones (excluding diaryl/α,β-unsaturated/α-hetero) is 1. The molecule has 0 saturated carbocycles. The second-order valence-electron chi connectivity index (χ2n) is 6.27. The van der Waals surface area contributed by atoms with E-state index < -0.39 is 5.78 Å². The molecule has 2 aromatic rings. The summed E-state index contributed by atoms with van der Waals surface area (Å²) in [7, 11) is 8.17. The third-order valence-electron chi connectivity index (χ3n) is 4.29. The van der Waals surface area contributed by atoms with Gasteiger partial charge in [-0.2, -0.15) is 9.83 Å². The van der Waals surface area contributed by atoms with Gasteiger partial charge < -0.3 is 24.5 Å². The Morgan fingerprint density at radius 3 is 2.07 bits per heavy atom. The summed E-state index contributed by atoms with van der Waals surface area (Å²) >= 11 is 0. The second-order valence-corrected chi connectivity index (χ2v) is 6.27. The number of hydrogen-bond donors (Lipinski definition) is 0. The Bertz CT molecular complexity index is 1030. The molecule has 0 radical (unpaired) electrons. The van der Waals surface area contributed by atoms with Crippen molar-refractivity contribution in [2.24, 2.45) is 0 Å². The van der Waals surface area contributed by atoms with Crippen molar-refractivity contribution in [1.29, 1.82) is 5.26 Å². The molecule has 0 unspecified atom stereocenters. The summed E-state index contributed by atoms with van der Waals surface area (Å²) in [5.41, 5.74) is 1.09. The first-order valence-electron chi connectivity index (χ1n) is 8.82. The van der Waals surface area contributed by atoms with Gasteiger partial charge in [0, 0.05) is 43.6 Å². The number of rotatable bonds is 8. The number of aromatic nitrogens is 1. The second kappa shape index (κ2) is 9.92. The van der Waals surface area contributed by atoms with Gasteiger partial charge in [-0.1, -0.05) is 0 Å². The van der Waals surface area contributed by atoms with Gasteiger partial charge in [0.1, 0.15) is 6.07 Å². The van der Waals surface area contributed by atoms with Crippen molar-refractivity contribution in [3.63, 3.8) is 0 Å². The van der Waals surface area contributed by atoms with Crippen LogP contribution in [-0.2, 0) is 0 Å². The molecule has 0 fully saturated rings. The lowest BCUT2D eigenvalue weighted by molar-refractivity contribution is -0.576. The van der Waals surface area contributed by atoms with E-state index in [0.29, 0.717) is 17.2 Å². The maximum atomic E-state index is 13.4. The number of carbonyl (C=O) groups excluding carboxylic acids is 1. The quantitative estimate of drug-likeness (QED) is 0.167. The number of anilines is 1. The molecule has 0 aliphatic carbocycles. The van der Waals surface area contributed by atoms with Crippen molar-refractivity contribution in [2.75, 3.05) is 40.3 Å². The van der Waals surface area contributed by atoms with Crippen LogP contribution in [0, 0.1) is 11.3 Å². The van der Waals surface area contributed by atoms with Gasteiger partial charge in [-0.15, -0.1) is 0 Å². The molecule has 0 atom stereocenters. The summed E-state index contributed by atoms with van der Waals surface area (Å²) in [6.07, 6.45) is 4.62. The fourth-order valence-electron chi connectivity index (χ4n) is 2.72. The van der Waals surface area contributed by atoms with Gasteiger partial charge in [-0.3, -0.25) is 10.7 Å². The molecule has 0 aliphatic heterocycles. The molecule has 8 heteroatoms. The van der Waals surface area contributed by atoms with Crippen LogP contribution in [0.25, 0.3) is 11.1 Å². The van der Waals surface area contributed by atoms with Gasteiger partial charge >= 0.3 is 0 Å². The summed E-state index contributed by atoms with van der Waals surface area (Å²) < 4.78 is 17.5. The molecule has 0 aliphatic rings. The molecule has 8 nitrogen and oxygen atoms in total. The van der Waals surface area contributed by atoms with Crippen molar-refractivity contribution in [3.8, 4) is 23.3 Å². The molecule has 0 bridgehead atoms. The zero-order valence-electron chi connectivity index (χ0n) is 17.5. The van der Waals surface area contributed by atoms with Crippen LogP contribution in [0.4, 0.5) is 5.69 Å². The fourth-order valence-corrected chi connectivity index (χ4v) is 2.72. The molecule has 0 N–H and O–H groups in total. The van der Waals surface area contributed by atoms with Crippen LogP contribution in [0.2, 0.25) is 0 Å². The molecule has 0 saturated heterocycles. The van der Waals surface area contributed by atoms with E-state index in [1.165, 1.54) is 39.5 Å². The third-order valence-corrected chi connectivity index (χ3v) is 4.29. The predicted octanol–water partition coefficient (Wildman–Crippen LogP) is 2.48. The maximum absolute atomic E-state index is 13.4. The smallest absolute Gasteiger partial charge is 0.260 e. The number of ketones is 1. The standard InChI is InChI=1S/C22H22N4O4/c1-25(2)17-6-8-26(9-7-17)18(10-15(13-23)14-24)21(27)16-11-19(28-3)22(30-5)20(12-16)29-4/h6-12H,1-5H3. The Kier molecular flexibility index (Phi) is 7.34. The highest BCUT2D eigenvalue weighted by atomic mass is 16.5. The summed E-state index contributed by atoms with van der Waals surface area (Å²) in [6, 6.07) is 8.45. The van der Waals surface area contributed by atoms with E-state index in [-0.39, 0.29) is 16.8 Å². The largest absolute Gasteiger partial charge is 0.762 e. The first-order valence-corrected chi connectivity index (χ1v) is 8.82. The van der Waals surface area contributed by atoms with Crippen molar-refractivity contribution in [1.82, 2.24) is 0 Å². The van der Waals surface area contributed by atoms with Crippen LogP contribution in [-0.4, -0.2) is 47.1 Å². The van der Waals surface area contributed by atoms with Gasteiger partial charge in [0.05, 0.1) is 26.9 Å². The van der Waals surface area contributed by atoms with Crippen LogP contribution in [0.15, 0.2) is 48.3 Å². The van der Waals surface area contributed by atoms with E-state index in [0.717, 1.165) is 5.69 Å². The number of ether oxygens (including phenoxy) is 3. The monoisotopic (exact) mass is 406 g/mol. The minimum Gasteiger partial charge on any atom is -0.762 e. The topological polar surface area (TPSA) is 98.0 Å². The zero-order valence-corrected chi connectivity index (χ0v) is 17.5. The lowest BCUT2D eigenvalue weighted by atomic mass is 10.0. The number of pyridine rings is 1. The first kappa shape index (κ1) is 22.2. The van der Waals surface area contributed by atoms with E-state index in [1.807, 2.05) is 31.1 Å². The Morgan fingerprint density at radius 1 is 1.10 bits per heavy atom. The first-order chi connectivity index (χ1) is 14.4. The summed E-state index contributed by atoms with van der Waals surface area (Å²) in [5, 5.41) is 18.4. The SMILES string of the molecule is COc1cc(C(=O)C(=CC(=C=[N-])C#N)[n+]2ccc(N(C)C)cc2)cc(OC)c1OC. The molecule has 1 aromatic carbocycles. The van der Waals surface area contributed by atoms with Gasteiger partial charge in [-0.25, -0.2) is 0 Å². The van der Waals surface area contributed by atoms with Crippen LogP contribution >= 0.6 is 0 Å². The molecule has 2 rings (SSSR count). The van der Waals surface area contributed by atoms with E-state index in [1.54, 1.807) is 28.9 Å². The highest BCUT2D eigenvalue weighted by Crippen LogP contribution is 2.38. The lowest BCUT2D eigenvalue weighted by Crippen LogP contribution is -2.36. The molecule has 30 heavy (non-hydrogen) atoms. The lowest BCUT2D eigenvalue weighted by Gasteiger charge is -2.14. The number of benzene rings is 1. The normalized spacial score (nSPS) is 10.5.